The van der Waals surface area contributed by atoms with Crippen LogP contribution < -0.4 is 15.1 Å². The van der Waals surface area contributed by atoms with E-state index < -0.39 is 5.63 Å². The highest BCUT2D eigenvalue weighted by Gasteiger charge is 2.13. The number of hydrogen-bond acceptors (Lipinski definition) is 5. The molecule has 2 heterocycles. The zero-order valence-corrected chi connectivity index (χ0v) is 15.8. The molecule has 0 aliphatic carbocycles. The van der Waals surface area contributed by atoms with Gasteiger partial charge in [0.25, 0.3) is 0 Å². The molecule has 28 heavy (non-hydrogen) atoms. The summed E-state index contributed by atoms with van der Waals surface area (Å²) in [5.41, 5.74) is 1.95. The van der Waals surface area contributed by atoms with Gasteiger partial charge < -0.3 is 18.3 Å². The van der Waals surface area contributed by atoms with Crippen LogP contribution in [-0.2, 0) is 0 Å². The average molecular weight is 378 g/mol. The standard InChI is InChI=1S/C23H22O5/c1-16-5-7-17(8-6-16)25-12-3-2-4-13-27-23-18-9-10-22(24)28-21(18)15-20-19(23)11-14-26-20/h5-11,14-15H,2-4,12-13H2,1H3. The Balaban J connectivity index is 1.32. The molecule has 5 heteroatoms. The lowest BCUT2D eigenvalue weighted by molar-refractivity contribution is 0.282. The number of hydrogen-bond donors (Lipinski definition) is 0. The number of rotatable bonds is 8. The zero-order chi connectivity index (χ0) is 19.3. The molecule has 0 unspecified atom stereocenters. The smallest absolute Gasteiger partial charge is 0.336 e. The van der Waals surface area contributed by atoms with E-state index in [1.807, 2.05) is 30.3 Å². The van der Waals surface area contributed by atoms with Crippen molar-refractivity contribution in [1.29, 1.82) is 0 Å². The molecule has 2 aromatic carbocycles. The first-order valence-electron chi connectivity index (χ1n) is 9.47. The Kier molecular flexibility index (Phi) is 5.33. The molecule has 0 radical (unpaired) electrons. The molecule has 4 aromatic rings. The Morgan fingerprint density at radius 3 is 2.39 bits per heavy atom. The van der Waals surface area contributed by atoms with Crippen LogP contribution in [-0.4, -0.2) is 13.2 Å². The fourth-order valence-electron chi connectivity index (χ4n) is 3.15. The van der Waals surface area contributed by atoms with Gasteiger partial charge in [-0.25, -0.2) is 4.79 Å². The Hall–Kier alpha value is -3.21. The van der Waals surface area contributed by atoms with Gasteiger partial charge in [0, 0.05) is 12.1 Å². The van der Waals surface area contributed by atoms with E-state index in [1.165, 1.54) is 11.6 Å². The van der Waals surface area contributed by atoms with Gasteiger partial charge in [0.05, 0.1) is 30.2 Å². The second-order valence-corrected chi connectivity index (χ2v) is 6.77. The molecular formula is C23H22O5. The van der Waals surface area contributed by atoms with Crippen molar-refractivity contribution in [3.8, 4) is 11.5 Å². The Morgan fingerprint density at radius 1 is 0.821 bits per heavy atom. The van der Waals surface area contributed by atoms with Crippen molar-refractivity contribution in [2.75, 3.05) is 13.2 Å². The van der Waals surface area contributed by atoms with E-state index in [9.17, 15) is 4.79 Å². The normalized spacial score (nSPS) is 11.2. The quantitative estimate of drug-likeness (QED) is 0.300. The topological polar surface area (TPSA) is 61.8 Å². The van der Waals surface area contributed by atoms with Crippen LogP contribution in [0, 0.1) is 6.92 Å². The highest BCUT2D eigenvalue weighted by atomic mass is 16.5. The molecule has 5 nitrogen and oxygen atoms in total. The summed E-state index contributed by atoms with van der Waals surface area (Å²) in [6, 6.07) is 14.8. The fourth-order valence-corrected chi connectivity index (χ4v) is 3.15. The third-order valence-electron chi connectivity index (χ3n) is 4.63. The van der Waals surface area contributed by atoms with Gasteiger partial charge in [0.1, 0.15) is 22.7 Å². The summed E-state index contributed by atoms with van der Waals surface area (Å²) in [6.07, 6.45) is 4.48. The van der Waals surface area contributed by atoms with Crippen LogP contribution in [0.4, 0.5) is 0 Å². The largest absolute Gasteiger partial charge is 0.494 e. The second kappa shape index (κ2) is 8.21. The highest BCUT2D eigenvalue weighted by molar-refractivity contribution is 6.01. The lowest BCUT2D eigenvalue weighted by Crippen LogP contribution is -2.02. The average Bonchev–Trinajstić information content (AvgIpc) is 3.16. The maximum atomic E-state index is 11.5. The van der Waals surface area contributed by atoms with Gasteiger partial charge in [-0.3, -0.25) is 0 Å². The Morgan fingerprint density at radius 2 is 1.57 bits per heavy atom. The summed E-state index contributed by atoms with van der Waals surface area (Å²) in [6.45, 7) is 3.32. The van der Waals surface area contributed by atoms with Crippen LogP contribution in [0.3, 0.4) is 0 Å². The van der Waals surface area contributed by atoms with Crippen LogP contribution >= 0.6 is 0 Å². The highest BCUT2D eigenvalue weighted by Crippen LogP contribution is 2.35. The fraction of sp³-hybridized carbons (Fsp3) is 0.261. The predicted octanol–water partition coefficient (Wildman–Crippen LogP) is 5.48. The summed E-state index contributed by atoms with van der Waals surface area (Å²) in [4.78, 5) is 11.5. The van der Waals surface area contributed by atoms with E-state index in [-0.39, 0.29) is 0 Å². The number of aryl methyl sites for hydroxylation is 1. The minimum atomic E-state index is -0.391. The molecule has 144 valence electrons. The number of benzene rings is 2. The first-order chi connectivity index (χ1) is 13.7. The van der Waals surface area contributed by atoms with Crippen molar-refractivity contribution in [3.05, 3.63) is 70.8 Å². The van der Waals surface area contributed by atoms with E-state index >= 15 is 0 Å². The van der Waals surface area contributed by atoms with Crippen LogP contribution in [0.1, 0.15) is 24.8 Å². The first-order valence-corrected chi connectivity index (χ1v) is 9.47. The molecule has 0 N–H and O–H groups in total. The van der Waals surface area contributed by atoms with Gasteiger partial charge in [0.15, 0.2) is 0 Å². The van der Waals surface area contributed by atoms with Gasteiger partial charge >= 0.3 is 5.63 Å². The number of unbranched alkanes of at least 4 members (excludes halogenated alkanes) is 2. The molecule has 0 saturated carbocycles. The lowest BCUT2D eigenvalue weighted by Gasteiger charge is -2.10. The number of furan rings is 1. The van der Waals surface area contributed by atoms with Crippen LogP contribution in [0.5, 0.6) is 11.5 Å². The van der Waals surface area contributed by atoms with Gasteiger partial charge in [-0.1, -0.05) is 17.7 Å². The SMILES string of the molecule is Cc1ccc(OCCCCCOc2c3ccoc3cc3oc(=O)ccc23)cc1. The van der Waals surface area contributed by atoms with E-state index in [1.54, 1.807) is 18.4 Å². The van der Waals surface area contributed by atoms with Gasteiger partial charge in [-0.15, -0.1) is 0 Å². The lowest BCUT2D eigenvalue weighted by atomic mass is 10.1. The first kappa shape index (κ1) is 18.2. The third-order valence-corrected chi connectivity index (χ3v) is 4.63. The summed E-state index contributed by atoms with van der Waals surface area (Å²) in [5.74, 6) is 1.60. The molecule has 0 spiro atoms. The second-order valence-electron chi connectivity index (χ2n) is 6.77. The van der Waals surface area contributed by atoms with Crippen molar-refractivity contribution < 1.29 is 18.3 Å². The van der Waals surface area contributed by atoms with E-state index in [4.69, 9.17) is 18.3 Å². The van der Waals surface area contributed by atoms with E-state index in [0.717, 1.165) is 35.8 Å². The Labute approximate surface area is 162 Å². The van der Waals surface area contributed by atoms with E-state index in [2.05, 4.69) is 6.92 Å². The van der Waals surface area contributed by atoms with E-state index in [0.29, 0.717) is 30.1 Å². The third kappa shape index (κ3) is 4.03. The van der Waals surface area contributed by atoms with Crippen molar-refractivity contribution in [3.63, 3.8) is 0 Å². The van der Waals surface area contributed by atoms with Gasteiger partial charge in [0.2, 0.25) is 0 Å². The Bertz CT molecular complexity index is 1120. The molecule has 0 aliphatic rings. The zero-order valence-electron chi connectivity index (χ0n) is 15.8. The van der Waals surface area contributed by atoms with Crippen molar-refractivity contribution in [2.24, 2.45) is 0 Å². The molecule has 0 aliphatic heterocycles. The minimum Gasteiger partial charge on any atom is -0.494 e. The molecule has 0 amide bonds. The van der Waals surface area contributed by atoms with Gasteiger partial charge in [-0.05, 0) is 50.5 Å². The van der Waals surface area contributed by atoms with Crippen LogP contribution in [0.25, 0.3) is 21.9 Å². The molecule has 0 saturated heterocycles. The maximum Gasteiger partial charge on any atom is 0.336 e. The van der Waals surface area contributed by atoms with Crippen molar-refractivity contribution in [2.45, 2.75) is 26.2 Å². The summed E-state index contributed by atoms with van der Waals surface area (Å²) < 4.78 is 22.5. The molecule has 0 fully saturated rings. The molecule has 0 bridgehead atoms. The summed E-state index contributed by atoms with van der Waals surface area (Å²) in [7, 11) is 0. The van der Waals surface area contributed by atoms with Crippen LogP contribution in [0.15, 0.2) is 68.4 Å². The van der Waals surface area contributed by atoms with Gasteiger partial charge in [-0.2, -0.15) is 0 Å². The van der Waals surface area contributed by atoms with Crippen molar-refractivity contribution >= 4 is 21.9 Å². The number of fused-ring (bicyclic) bond motifs is 2. The molecule has 0 atom stereocenters. The molecule has 2 aromatic heterocycles. The number of ether oxygens (including phenoxy) is 2. The monoisotopic (exact) mass is 378 g/mol. The van der Waals surface area contributed by atoms with Crippen LogP contribution in [0.2, 0.25) is 0 Å². The molecular weight excluding hydrogens is 356 g/mol. The predicted molar refractivity (Wildman–Crippen MR) is 108 cm³/mol. The summed E-state index contributed by atoms with van der Waals surface area (Å²) in [5, 5.41) is 1.65. The minimum absolute atomic E-state index is 0.391. The molecule has 4 rings (SSSR count). The maximum absolute atomic E-state index is 11.5. The summed E-state index contributed by atoms with van der Waals surface area (Å²) >= 11 is 0. The van der Waals surface area contributed by atoms with Crippen molar-refractivity contribution in [1.82, 2.24) is 0 Å².